The van der Waals surface area contributed by atoms with E-state index in [9.17, 15) is 14.4 Å². The summed E-state index contributed by atoms with van der Waals surface area (Å²) in [6, 6.07) is 24.7. The quantitative estimate of drug-likeness (QED) is 0.347. The minimum atomic E-state index is -1.72. The van der Waals surface area contributed by atoms with Crippen molar-refractivity contribution < 1.29 is 19.1 Å². The molecule has 0 saturated heterocycles. The van der Waals surface area contributed by atoms with E-state index in [2.05, 4.69) is 18.7 Å². The van der Waals surface area contributed by atoms with Crippen LogP contribution in [0.1, 0.15) is 51.6 Å². The third kappa shape index (κ3) is 3.97. The fourth-order valence-corrected chi connectivity index (χ4v) is 4.91. The lowest BCUT2D eigenvalue weighted by molar-refractivity contribution is -0.147. The zero-order valence-corrected chi connectivity index (χ0v) is 19.6. The summed E-state index contributed by atoms with van der Waals surface area (Å²) in [4.78, 5) is 44.1. The largest absolute Gasteiger partial charge is 0.464 e. The Bertz CT molecular complexity index is 1130. The Labute approximate surface area is 200 Å². The van der Waals surface area contributed by atoms with E-state index in [1.165, 1.54) is 0 Å². The molecule has 0 aliphatic heterocycles. The number of ketones is 2. The second-order valence-electron chi connectivity index (χ2n) is 8.42. The molecule has 0 bridgehead atoms. The lowest BCUT2D eigenvalue weighted by Gasteiger charge is -2.34. The van der Waals surface area contributed by atoms with Crippen molar-refractivity contribution in [1.82, 2.24) is 4.90 Å². The molecule has 174 valence electrons. The van der Waals surface area contributed by atoms with Gasteiger partial charge in [0.1, 0.15) is 17.9 Å². The summed E-state index contributed by atoms with van der Waals surface area (Å²) in [5, 5.41) is 0. The lowest BCUT2D eigenvalue weighted by Crippen LogP contribution is -2.48. The molecule has 34 heavy (non-hydrogen) atoms. The van der Waals surface area contributed by atoms with Gasteiger partial charge in [-0.25, -0.2) is 0 Å². The van der Waals surface area contributed by atoms with Gasteiger partial charge < -0.3 is 9.64 Å². The first-order valence-electron chi connectivity index (χ1n) is 11.7. The van der Waals surface area contributed by atoms with Crippen LogP contribution in [0.4, 0.5) is 0 Å². The summed E-state index contributed by atoms with van der Waals surface area (Å²) in [7, 11) is 0. The zero-order chi connectivity index (χ0) is 24.1. The van der Waals surface area contributed by atoms with Crippen LogP contribution in [0, 0.1) is 0 Å². The number of ether oxygens (including phenoxy) is 1. The number of fused-ring (bicyclic) bond motifs is 1. The second kappa shape index (κ2) is 10.1. The molecule has 1 aliphatic rings. The average molecular weight is 456 g/mol. The minimum absolute atomic E-state index is 0.185. The number of carbonyl (C=O) groups is 3. The maximum absolute atomic E-state index is 14.1. The number of esters is 1. The van der Waals surface area contributed by atoms with Crippen LogP contribution >= 0.6 is 0 Å². The molecule has 5 heteroatoms. The fourth-order valence-electron chi connectivity index (χ4n) is 4.91. The molecule has 3 aromatic carbocycles. The molecule has 0 fully saturated rings. The van der Waals surface area contributed by atoms with Gasteiger partial charge >= 0.3 is 5.97 Å². The Morgan fingerprint density at radius 3 is 1.82 bits per heavy atom. The van der Waals surface area contributed by atoms with Gasteiger partial charge in [-0.1, -0.05) is 98.8 Å². The van der Waals surface area contributed by atoms with Crippen molar-refractivity contribution in [2.75, 3.05) is 26.2 Å². The smallest absolute Gasteiger partial charge is 0.315 e. The van der Waals surface area contributed by atoms with Gasteiger partial charge in [-0.3, -0.25) is 14.4 Å². The topological polar surface area (TPSA) is 63.7 Å². The van der Waals surface area contributed by atoms with Gasteiger partial charge in [-0.2, -0.15) is 0 Å². The summed E-state index contributed by atoms with van der Waals surface area (Å²) in [5.74, 6) is -2.42. The van der Waals surface area contributed by atoms with Gasteiger partial charge in [0.15, 0.2) is 11.6 Å². The molecular formula is C29H29NO4. The molecule has 4 rings (SSSR count). The number of benzene rings is 3. The van der Waals surface area contributed by atoms with Crippen molar-refractivity contribution in [2.24, 2.45) is 0 Å². The molecule has 1 aliphatic carbocycles. The van der Waals surface area contributed by atoms with E-state index in [0.717, 1.165) is 13.1 Å². The number of hydrogen-bond donors (Lipinski definition) is 0. The number of Topliss-reactive ketones (excluding diaryl/α,β-unsaturated/α-hetero) is 2. The molecule has 0 aromatic heterocycles. The molecule has 5 nitrogen and oxygen atoms in total. The van der Waals surface area contributed by atoms with Crippen molar-refractivity contribution in [3.05, 3.63) is 107 Å². The lowest BCUT2D eigenvalue weighted by atomic mass is 9.64. The van der Waals surface area contributed by atoms with E-state index in [1.807, 2.05) is 12.1 Å². The predicted molar refractivity (Wildman–Crippen MR) is 131 cm³/mol. The third-order valence-corrected chi connectivity index (χ3v) is 6.71. The Kier molecular flexibility index (Phi) is 7.03. The molecule has 0 N–H and O–H groups in total. The molecule has 0 radical (unpaired) electrons. The first-order chi connectivity index (χ1) is 16.6. The van der Waals surface area contributed by atoms with Crippen LogP contribution < -0.4 is 0 Å². The molecule has 0 saturated carbocycles. The molecule has 0 amide bonds. The highest BCUT2D eigenvalue weighted by molar-refractivity contribution is 6.35. The summed E-state index contributed by atoms with van der Waals surface area (Å²) in [6.45, 7) is 6.56. The van der Waals surface area contributed by atoms with E-state index in [0.29, 0.717) is 28.8 Å². The fraction of sp³-hybridized carbons (Fsp3) is 0.276. The highest BCUT2D eigenvalue weighted by Gasteiger charge is 2.61. The van der Waals surface area contributed by atoms with Crippen molar-refractivity contribution in [3.8, 4) is 0 Å². The van der Waals surface area contributed by atoms with Crippen molar-refractivity contribution in [2.45, 2.75) is 25.2 Å². The van der Waals surface area contributed by atoms with Crippen molar-refractivity contribution in [1.29, 1.82) is 0 Å². The van der Waals surface area contributed by atoms with Crippen LogP contribution in [0.25, 0.3) is 0 Å². The summed E-state index contributed by atoms with van der Waals surface area (Å²) in [5.41, 5.74) is 0.0318. The summed E-state index contributed by atoms with van der Waals surface area (Å²) < 4.78 is 5.76. The maximum Gasteiger partial charge on any atom is 0.315 e. The zero-order valence-electron chi connectivity index (χ0n) is 19.6. The van der Waals surface area contributed by atoms with E-state index < -0.39 is 17.3 Å². The standard InChI is InChI=1S/C29H29NO4/c1-3-30(4-2)19-20-34-28(33)25(21-13-7-5-8-14-21)29(22-15-9-6-10-16-22)26(31)23-17-11-12-18-24(23)27(29)32/h5-18,25H,3-4,19-20H2,1-2H3. The Morgan fingerprint density at radius 2 is 1.29 bits per heavy atom. The van der Waals surface area contributed by atoms with Crippen molar-refractivity contribution in [3.63, 3.8) is 0 Å². The predicted octanol–water partition coefficient (Wildman–Crippen LogP) is 4.67. The number of likely N-dealkylation sites (N-methyl/N-ethyl adjacent to an activating group) is 1. The normalized spacial score (nSPS) is 15.3. The Hall–Kier alpha value is -3.57. The first-order valence-corrected chi connectivity index (χ1v) is 11.7. The maximum atomic E-state index is 14.1. The third-order valence-electron chi connectivity index (χ3n) is 6.71. The van der Waals surface area contributed by atoms with E-state index in [4.69, 9.17) is 4.74 Å². The minimum Gasteiger partial charge on any atom is -0.464 e. The second-order valence-corrected chi connectivity index (χ2v) is 8.42. The average Bonchev–Trinajstić information content (AvgIpc) is 3.11. The van der Waals surface area contributed by atoms with Crippen molar-refractivity contribution >= 4 is 17.5 Å². The number of rotatable bonds is 9. The van der Waals surface area contributed by atoms with Gasteiger partial charge in [-0.15, -0.1) is 0 Å². The monoisotopic (exact) mass is 455 g/mol. The first kappa shape index (κ1) is 23.6. The molecule has 3 aromatic rings. The molecule has 0 spiro atoms. The highest BCUT2D eigenvalue weighted by Crippen LogP contribution is 2.49. The van der Waals surface area contributed by atoms with E-state index in [1.54, 1.807) is 72.8 Å². The van der Waals surface area contributed by atoms with Crippen LogP contribution in [0.2, 0.25) is 0 Å². The van der Waals surface area contributed by atoms with Crippen LogP contribution in [0.3, 0.4) is 0 Å². The molecule has 0 heterocycles. The van der Waals surface area contributed by atoms with Gasteiger partial charge in [0.25, 0.3) is 0 Å². The number of carbonyl (C=O) groups excluding carboxylic acids is 3. The Balaban J connectivity index is 1.85. The molecule has 1 atom stereocenters. The molecular weight excluding hydrogens is 426 g/mol. The highest BCUT2D eigenvalue weighted by atomic mass is 16.5. The van der Waals surface area contributed by atoms with Crippen LogP contribution in [-0.4, -0.2) is 48.7 Å². The van der Waals surface area contributed by atoms with Crippen LogP contribution in [0.5, 0.6) is 0 Å². The van der Waals surface area contributed by atoms with E-state index >= 15 is 0 Å². The van der Waals surface area contributed by atoms with Gasteiger partial charge in [0.05, 0.1) is 0 Å². The molecule has 1 unspecified atom stereocenters. The summed E-state index contributed by atoms with van der Waals surface area (Å²) >= 11 is 0. The SMILES string of the molecule is CCN(CC)CCOC(=O)C(c1ccccc1)C1(c2ccccc2)C(=O)c2ccccc2C1=O. The number of hydrogen-bond acceptors (Lipinski definition) is 5. The summed E-state index contributed by atoms with van der Waals surface area (Å²) in [6.07, 6.45) is 0. The van der Waals surface area contributed by atoms with Gasteiger partial charge in [0, 0.05) is 17.7 Å². The van der Waals surface area contributed by atoms with Gasteiger partial charge in [0.2, 0.25) is 0 Å². The van der Waals surface area contributed by atoms with Crippen LogP contribution in [-0.2, 0) is 14.9 Å². The Morgan fingerprint density at radius 1 is 0.794 bits per heavy atom. The van der Waals surface area contributed by atoms with Gasteiger partial charge in [-0.05, 0) is 24.2 Å². The van der Waals surface area contributed by atoms with Crippen LogP contribution in [0.15, 0.2) is 84.9 Å². The van der Waals surface area contributed by atoms with E-state index in [-0.39, 0.29) is 18.2 Å². The number of nitrogens with zero attached hydrogens (tertiary/aromatic N) is 1.